The third kappa shape index (κ3) is 4.59. The number of piperazine rings is 1. The first-order valence-electron chi connectivity index (χ1n) is 12.7. The van der Waals surface area contributed by atoms with E-state index in [-0.39, 0.29) is 6.23 Å². The van der Waals surface area contributed by atoms with E-state index in [9.17, 15) is 0 Å². The van der Waals surface area contributed by atoms with Gasteiger partial charge in [0, 0.05) is 55.4 Å². The highest BCUT2D eigenvalue weighted by Crippen LogP contribution is 2.32. The van der Waals surface area contributed by atoms with Gasteiger partial charge in [-0.05, 0) is 62.7 Å². The Labute approximate surface area is 210 Å². The number of likely N-dealkylation sites (N-methyl/N-ethyl adjacent to an activating group) is 1. The summed E-state index contributed by atoms with van der Waals surface area (Å²) in [7, 11) is 2.17. The van der Waals surface area contributed by atoms with Crippen molar-refractivity contribution in [2.45, 2.75) is 25.5 Å². The zero-order valence-electron chi connectivity index (χ0n) is 20.6. The van der Waals surface area contributed by atoms with Gasteiger partial charge in [0.25, 0.3) is 0 Å². The van der Waals surface area contributed by atoms with Crippen LogP contribution in [0.3, 0.4) is 0 Å². The van der Waals surface area contributed by atoms with Gasteiger partial charge in [-0.2, -0.15) is 10.1 Å². The van der Waals surface area contributed by atoms with Gasteiger partial charge in [0.1, 0.15) is 0 Å². The Morgan fingerprint density at radius 3 is 2.58 bits per heavy atom. The summed E-state index contributed by atoms with van der Waals surface area (Å²) in [6, 6.07) is 16.3. The summed E-state index contributed by atoms with van der Waals surface area (Å²) in [5.41, 5.74) is 11.4. The quantitative estimate of drug-likeness (QED) is 0.406. The van der Waals surface area contributed by atoms with E-state index in [2.05, 4.69) is 51.5 Å². The molecule has 9 nitrogen and oxygen atoms in total. The zero-order chi connectivity index (χ0) is 24.5. The van der Waals surface area contributed by atoms with E-state index in [1.165, 1.54) is 5.69 Å². The third-order valence-electron chi connectivity index (χ3n) is 7.03. The minimum atomic E-state index is -0.115. The largest absolute Gasteiger partial charge is 0.399 e. The third-order valence-corrected chi connectivity index (χ3v) is 7.03. The summed E-state index contributed by atoms with van der Waals surface area (Å²) in [5.74, 6) is 0.518. The maximum Gasteiger partial charge on any atom is 0.229 e. The molecular weight excluding hydrogens is 452 g/mol. The number of nitrogen functional groups attached to an aromatic ring is 1. The number of rotatable bonds is 5. The Bertz CT molecular complexity index is 1340. The molecule has 2 aromatic heterocycles. The van der Waals surface area contributed by atoms with Crippen molar-refractivity contribution in [2.75, 3.05) is 55.8 Å². The van der Waals surface area contributed by atoms with Gasteiger partial charge in [0.05, 0.1) is 17.3 Å². The molecule has 3 N–H and O–H groups in total. The van der Waals surface area contributed by atoms with Gasteiger partial charge in [-0.3, -0.25) is 0 Å². The molecule has 1 atom stereocenters. The minimum absolute atomic E-state index is 0.115. The fourth-order valence-electron chi connectivity index (χ4n) is 4.96. The monoisotopic (exact) mass is 484 g/mol. The molecule has 2 aliphatic heterocycles. The predicted octanol–water partition coefficient (Wildman–Crippen LogP) is 4.27. The van der Waals surface area contributed by atoms with Crippen molar-refractivity contribution < 1.29 is 4.74 Å². The summed E-state index contributed by atoms with van der Waals surface area (Å²) < 4.78 is 7.92. The predicted molar refractivity (Wildman–Crippen MR) is 143 cm³/mol. The van der Waals surface area contributed by atoms with E-state index in [4.69, 9.17) is 20.4 Å². The molecule has 0 bridgehead atoms. The molecule has 4 heterocycles. The number of ether oxygens (including phenoxy) is 1. The number of benzene rings is 2. The second kappa shape index (κ2) is 9.75. The molecule has 6 rings (SSSR count). The molecule has 4 aromatic rings. The average molecular weight is 485 g/mol. The molecule has 2 aromatic carbocycles. The molecule has 2 aliphatic rings. The molecule has 186 valence electrons. The van der Waals surface area contributed by atoms with E-state index in [1.54, 1.807) is 0 Å². The van der Waals surface area contributed by atoms with Crippen molar-refractivity contribution in [3.63, 3.8) is 0 Å². The van der Waals surface area contributed by atoms with E-state index in [0.29, 0.717) is 11.6 Å². The number of hydrogen-bond acceptors (Lipinski definition) is 8. The van der Waals surface area contributed by atoms with E-state index < -0.39 is 0 Å². The first-order valence-corrected chi connectivity index (χ1v) is 12.7. The highest BCUT2D eigenvalue weighted by atomic mass is 16.5. The van der Waals surface area contributed by atoms with Gasteiger partial charge in [0.2, 0.25) is 5.95 Å². The first-order chi connectivity index (χ1) is 17.6. The molecule has 2 fully saturated rings. The molecule has 1 unspecified atom stereocenters. The van der Waals surface area contributed by atoms with Crippen molar-refractivity contribution in [3.05, 3.63) is 54.7 Å². The van der Waals surface area contributed by atoms with Gasteiger partial charge in [-0.25, -0.2) is 9.67 Å². The second-order valence-corrected chi connectivity index (χ2v) is 9.63. The van der Waals surface area contributed by atoms with Crippen LogP contribution in [-0.2, 0) is 4.74 Å². The minimum Gasteiger partial charge on any atom is -0.399 e. The standard InChI is InChI=1S/C27H32N8O/c1-33-12-14-34(15-13-33)22-10-8-21(9-11-22)30-27-31-25(19-5-4-6-20(28)17-19)23-18-29-35(26(23)32-27)24-7-2-3-16-36-24/h4-6,8-11,17-18,24H,2-3,7,12-16,28H2,1H3,(H,30,31,32). The number of nitrogens with two attached hydrogens (primary N) is 1. The molecule has 2 saturated heterocycles. The Morgan fingerprint density at radius 1 is 1.00 bits per heavy atom. The summed E-state index contributed by atoms with van der Waals surface area (Å²) in [4.78, 5) is 14.6. The molecule has 9 heteroatoms. The SMILES string of the molecule is CN1CCN(c2ccc(Nc3nc(-c4cccc(N)c4)c4cnn(C5CCCCO5)c4n3)cc2)CC1. The van der Waals surface area contributed by atoms with Crippen molar-refractivity contribution in [1.82, 2.24) is 24.6 Å². The molecule has 0 spiro atoms. The second-order valence-electron chi connectivity index (χ2n) is 9.63. The number of anilines is 4. The normalized spacial score (nSPS) is 19.0. The number of aromatic nitrogens is 4. The van der Waals surface area contributed by atoms with Crippen LogP contribution in [-0.4, -0.2) is 64.5 Å². The summed E-state index contributed by atoms with van der Waals surface area (Å²) in [6.45, 7) is 4.99. The lowest BCUT2D eigenvalue weighted by atomic mass is 10.1. The lowest BCUT2D eigenvalue weighted by molar-refractivity contribution is -0.0370. The summed E-state index contributed by atoms with van der Waals surface area (Å²) >= 11 is 0. The number of fused-ring (bicyclic) bond motifs is 1. The summed E-state index contributed by atoms with van der Waals surface area (Å²) in [5, 5.41) is 8.96. The molecule has 36 heavy (non-hydrogen) atoms. The van der Waals surface area contributed by atoms with E-state index in [1.807, 2.05) is 35.1 Å². The van der Waals surface area contributed by atoms with Crippen molar-refractivity contribution >= 4 is 34.0 Å². The van der Waals surface area contributed by atoms with Crippen LogP contribution in [0.2, 0.25) is 0 Å². The highest BCUT2D eigenvalue weighted by Gasteiger charge is 2.22. The Balaban J connectivity index is 1.34. The van der Waals surface area contributed by atoms with Crippen LogP contribution in [0, 0.1) is 0 Å². The van der Waals surface area contributed by atoms with Crippen LogP contribution in [0.1, 0.15) is 25.5 Å². The molecular formula is C27H32N8O. The van der Waals surface area contributed by atoms with Crippen molar-refractivity contribution in [1.29, 1.82) is 0 Å². The topological polar surface area (TPSA) is 97.4 Å². The van der Waals surface area contributed by atoms with Gasteiger partial charge >= 0.3 is 0 Å². The van der Waals surface area contributed by atoms with E-state index in [0.717, 1.165) is 80.0 Å². The van der Waals surface area contributed by atoms with Crippen LogP contribution >= 0.6 is 0 Å². The van der Waals surface area contributed by atoms with E-state index >= 15 is 0 Å². The highest BCUT2D eigenvalue weighted by molar-refractivity contribution is 5.92. The lowest BCUT2D eigenvalue weighted by Gasteiger charge is -2.34. The smallest absolute Gasteiger partial charge is 0.229 e. The maximum atomic E-state index is 6.10. The van der Waals surface area contributed by atoms with Crippen LogP contribution in [0.25, 0.3) is 22.3 Å². The average Bonchev–Trinajstić information content (AvgIpc) is 3.34. The Kier molecular flexibility index (Phi) is 6.16. The molecule has 0 saturated carbocycles. The number of hydrogen-bond donors (Lipinski definition) is 2. The zero-order valence-corrected chi connectivity index (χ0v) is 20.6. The number of nitrogens with one attached hydrogen (secondary N) is 1. The fourth-order valence-corrected chi connectivity index (χ4v) is 4.96. The van der Waals surface area contributed by atoms with Gasteiger partial charge in [-0.1, -0.05) is 12.1 Å². The van der Waals surface area contributed by atoms with Crippen LogP contribution < -0.4 is 16.0 Å². The fraction of sp³-hybridized carbons (Fsp3) is 0.370. The Morgan fingerprint density at radius 2 is 1.83 bits per heavy atom. The van der Waals surface area contributed by atoms with Crippen LogP contribution in [0.15, 0.2) is 54.7 Å². The maximum absolute atomic E-state index is 6.10. The molecule has 0 aliphatic carbocycles. The lowest BCUT2D eigenvalue weighted by Crippen LogP contribution is -2.44. The molecule has 0 radical (unpaired) electrons. The van der Waals surface area contributed by atoms with Gasteiger partial charge in [-0.15, -0.1) is 0 Å². The Hall–Kier alpha value is -3.69. The van der Waals surface area contributed by atoms with Crippen molar-refractivity contribution in [3.8, 4) is 11.3 Å². The van der Waals surface area contributed by atoms with Crippen LogP contribution in [0.4, 0.5) is 23.0 Å². The molecule has 0 amide bonds. The summed E-state index contributed by atoms with van der Waals surface area (Å²) in [6.07, 6.45) is 4.83. The van der Waals surface area contributed by atoms with Crippen molar-refractivity contribution in [2.24, 2.45) is 0 Å². The number of nitrogens with zero attached hydrogens (tertiary/aromatic N) is 6. The van der Waals surface area contributed by atoms with Gasteiger partial charge in [0.15, 0.2) is 11.9 Å². The first kappa shape index (κ1) is 22.8. The van der Waals surface area contributed by atoms with Gasteiger partial charge < -0.3 is 25.6 Å². The van der Waals surface area contributed by atoms with Crippen LogP contribution in [0.5, 0.6) is 0 Å².